The van der Waals surface area contributed by atoms with Crippen LogP contribution >= 0.6 is 11.6 Å². The fraction of sp³-hybridized carbons (Fsp3) is 0.235. The molecule has 0 fully saturated rings. The summed E-state index contributed by atoms with van der Waals surface area (Å²) in [6, 6.07) is 9.18. The fourth-order valence-corrected chi connectivity index (χ4v) is 3.62. The van der Waals surface area contributed by atoms with Gasteiger partial charge in [-0.25, -0.2) is 8.42 Å². The predicted octanol–water partition coefficient (Wildman–Crippen LogP) is 2.18. The van der Waals surface area contributed by atoms with E-state index in [1.807, 2.05) is 0 Å². The number of nitrogens with one attached hydrogen (secondary N) is 1. The lowest BCUT2D eigenvalue weighted by molar-refractivity contribution is -0.0258. The number of nitrogens with zero attached hydrogens (tertiary/aromatic N) is 1. The number of amides is 1. The number of hydrogen-bond donors (Lipinski definition) is 1. The lowest BCUT2D eigenvalue weighted by atomic mass is 10.1. The van der Waals surface area contributed by atoms with Crippen molar-refractivity contribution >= 4 is 27.5 Å². The molecular weight excluding hydrogens is 396 g/mol. The summed E-state index contributed by atoms with van der Waals surface area (Å²) in [5.74, 6) is 0.749. The van der Waals surface area contributed by atoms with Gasteiger partial charge >= 0.3 is 0 Å². The molecule has 1 aliphatic rings. The number of rotatable bonds is 6. The van der Waals surface area contributed by atoms with Crippen molar-refractivity contribution in [1.29, 1.82) is 0 Å². The van der Waals surface area contributed by atoms with Gasteiger partial charge in [-0.05, 0) is 35.9 Å². The Kier molecular flexibility index (Phi) is 5.56. The monoisotopic (exact) mass is 412 g/mol. The molecule has 0 spiro atoms. The minimum Gasteiger partial charge on any atom is -0.454 e. The fourth-order valence-electron chi connectivity index (χ4n) is 2.41. The number of sulfonamides is 1. The van der Waals surface area contributed by atoms with Crippen LogP contribution in [0.4, 0.5) is 0 Å². The maximum Gasteiger partial charge on any atom is 0.264 e. The van der Waals surface area contributed by atoms with Crippen molar-refractivity contribution in [2.24, 2.45) is 0 Å². The molecule has 0 aromatic heterocycles. The molecule has 1 heterocycles. The zero-order chi connectivity index (χ0) is 19.6. The molecule has 3 rings (SSSR count). The molecule has 0 saturated heterocycles. The molecular formula is C17H17ClN2O6S. The predicted molar refractivity (Wildman–Crippen MR) is 97.1 cm³/mol. The number of hydrogen-bond acceptors (Lipinski definition) is 6. The van der Waals surface area contributed by atoms with Gasteiger partial charge in [-0.2, -0.15) is 0 Å². The standard InChI is InChI=1S/C17H17ClN2O6S/c1-20(24-2)27(22,23)12-4-5-14(18)13(8-12)17(21)19-9-11-3-6-15-16(7-11)26-10-25-15/h3-8H,9-10H2,1-2H3,(H,19,21). The molecule has 0 radical (unpaired) electrons. The molecule has 2 aromatic carbocycles. The molecule has 0 aliphatic carbocycles. The highest BCUT2D eigenvalue weighted by Crippen LogP contribution is 2.32. The maximum absolute atomic E-state index is 12.5. The highest BCUT2D eigenvalue weighted by molar-refractivity contribution is 7.89. The molecule has 0 unspecified atom stereocenters. The minimum atomic E-state index is -3.89. The summed E-state index contributed by atoms with van der Waals surface area (Å²) in [6.07, 6.45) is 0. The first-order chi connectivity index (χ1) is 12.8. The van der Waals surface area contributed by atoms with Crippen molar-refractivity contribution in [2.75, 3.05) is 21.0 Å². The van der Waals surface area contributed by atoms with E-state index >= 15 is 0 Å². The average Bonchev–Trinajstić information content (AvgIpc) is 3.13. The zero-order valence-electron chi connectivity index (χ0n) is 14.6. The van der Waals surface area contributed by atoms with E-state index in [2.05, 4.69) is 5.32 Å². The molecule has 8 nitrogen and oxygen atoms in total. The van der Waals surface area contributed by atoms with Crippen molar-refractivity contribution in [3.63, 3.8) is 0 Å². The average molecular weight is 413 g/mol. The van der Waals surface area contributed by atoms with Crippen molar-refractivity contribution in [3.05, 3.63) is 52.5 Å². The molecule has 0 bridgehead atoms. The van der Waals surface area contributed by atoms with Crippen LogP contribution in [0.2, 0.25) is 5.02 Å². The minimum absolute atomic E-state index is 0.0444. The Morgan fingerprint density at radius 2 is 1.96 bits per heavy atom. The first-order valence-corrected chi connectivity index (χ1v) is 9.64. The van der Waals surface area contributed by atoms with Crippen LogP contribution < -0.4 is 14.8 Å². The Morgan fingerprint density at radius 1 is 1.22 bits per heavy atom. The Balaban J connectivity index is 1.77. The molecule has 2 aromatic rings. The van der Waals surface area contributed by atoms with Gasteiger partial charge in [0, 0.05) is 13.6 Å². The summed E-state index contributed by atoms with van der Waals surface area (Å²) in [5, 5.41) is 2.85. The number of carbonyl (C=O) groups excluding carboxylic acids is 1. The third kappa shape index (κ3) is 4.01. The molecule has 1 aliphatic heterocycles. The molecule has 0 saturated carbocycles. The van der Waals surface area contributed by atoms with Gasteiger partial charge < -0.3 is 14.8 Å². The Hall–Kier alpha value is -2.33. The van der Waals surface area contributed by atoms with E-state index in [0.717, 1.165) is 5.56 Å². The Morgan fingerprint density at radius 3 is 2.70 bits per heavy atom. The van der Waals surface area contributed by atoms with E-state index in [-0.39, 0.29) is 28.8 Å². The first kappa shape index (κ1) is 19.4. The van der Waals surface area contributed by atoms with Crippen LogP contribution in [0.1, 0.15) is 15.9 Å². The quantitative estimate of drug-likeness (QED) is 0.731. The maximum atomic E-state index is 12.5. The Labute approximate surface area is 161 Å². The van der Waals surface area contributed by atoms with Gasteiger partial charge in [-0.1, -0.05) is 22.1 Å². The van der Waals surface area contributed by atoms with E-state index < -0.39 is 15.9 Å². The van der Waals surface area contributed by atoms with Crippen molar-refractivity contribution in [1.82, 2.24) is 9.79 Å². The van der Waals surface area contributed by atoms with Gasteiger partial charge in [0.2, 0.25) is 6.79 Å². The van der Waals surface area contributed by atoms with Gasteiger partial charge in [0.15, 0.2) is 11.5 Å². The van der Waals surface area contributed by atoms with Crippen LogP contribution in [0.25, 0.3) is 0 Å². The van der Waals surface area contributed by atoms with Crippen molar-refractivity contribution < 1.29 is 27.5 Å². The summed E-state index contributed by atoms with van der Waals surface area (Å²) < 4.78 is 35.9. The summed E-state index contributed by atoms with van der Waals surface area (Å²) in [5.41, 5.74) is 0.842. The lowest BCUT2D eigenvalue weighted by Gasteiger charge is -2.15. The van der Waals surface area contributed by atoms with Gasteiger partial charge in [-0.3, -0.25) is 9.63 Å². The van der Waals surface area contributed by atoms with E-state index in [4.69, 9.17) is 25.9 Å². The lowest BCUT2D eigenvalue weighted by Crippen LogP contribution is -2.27. The van der Waals surface area contributed by atoms with Crippen molar-refractivity contribution in [2.45, 2.75) is 11.4 Å². The number of fused-ring (bicyclic) bond motifs is 1. The van der Waals surface area contributed by atoms with Crippen LogP contribution in [0.15, 0.2) is 41.3 Å². The van der Waals surface area contributed by atoms with Gasteiger partial charge in [-0.15, -0.1) is 0 Å². The number of halogens is 1. The van der Waals surface area contributed by atoms with E-state index in [1.54, 1.807) is 18.2 Å². The van der Waals surface area contributed by atoms with Crippen LogP contribution in [-0.4, -0.2) is 39.7 Å². The second kappa shape index (κ2) is 7.73. The molecule has 1 N–H and O–H groups in total. The third-order valence-corrected chi connectivity index (χ3v) is 5.97. The van der Waals surface area contributed by atoms with Crippen LogP contribution in [0.5, 0.6) is 11.5 Å². The molecule has 1 amide bonds. The molecule has 10 heteroatoms. The summed E-state index contributed by atoms with van der Waals surface area (Å²) in [4.78, 5) is 17.1. The topological polar surface area (TPSA) is 94.2 Å². The highest BCUT2D eigenvalue weighted by atomic mass is 35.5. The summed E-state index contributed by atoms with van der Waals surface area (Å²) >= 11 is 6.08. The van der Waals surface area contributed by atoms with Gasteiger partial charge in [0.25, 0.3) is 15.9 Å². The molecule has 0 atom stereocenters. The number of carbonyl (C=O) groups is 1. The van der Waals surface area contributed by atoms with Gasteiger partial charge in [0.05, 0.1) is 22.6 Å². The van der Waals surface area contributed by atoms with Crippen molar-refractivity contribution in [3.8, 4) is 11.5 Å². The van der Waals surface area contributed by atoms with Crippen LogP contribution in [0, 0.1) is 0 Å². The number of hydroxylamine groups is 1. The summed E-state index contributed by atoms with van der Waals surface area (Å²) in [7, 11) is -1.41. The first-order valence-electron chi connectivity index (χ1n) is 7.82. The largest absolute Gasteiger partial charge is 0.454 e. The molecule has 144 valence electrons. The van der Waals surface area contributed by atoms with Gasteiger partial charge in [0.1, 0.15) is 0 Å². The number of benzene rings is 2. The van der Waals surface area contributed by atoms with E-state index in [1.165, 1.54) is 32.4 Å². The summed E-state index contributed by atoms with van der Waals surface area (Å²) in [6.45, 7) is 0.374. The SMILES string of the molecule is CON(C)S(=O)(=O)c1ccc(Cl)c(C(=O)NCc2ccc3c(c2)OCO3)c1. The van der Waals surface area contributed by atoms with Crippen LogP contribution in [-0.2, 0) is 21.4 Å². The van der Waals surface area contributed by atoms with E-state index in [9.17, 15) is 13.2 Å². The van der Waals surface area contributed by atoms with Crippen LogP contribution in [0.3, 0.4) is 0 Å². The normalized spacial score (nSPS) is 13.0. The Bertz CT molecular complexity index is 979. The molecule has 27 heavy (non-hydrogen) atoms. The second-order valence-corrected chi connectivity index (χ2v) is 7.95. The smallest absolute Gasteiger partial charge is 0.264 e. The number of ether oxygens (including phenoxy) is 2. The highest BCUT2D eigenvalue weighted by Gasteiger charge is 2.23. The second-order valence-electron chi connectivity index (χ2n) is 5.61. The third-order valence-electron chi connectivity index (χ3n) is 3.97. The zero-order valence-corrected chi connectivity index (χ0v) is 16.1. The van der Waals surface area contributed by atoms with E-state index in [0.29, 0.717) is 16.0 Å².